The van der Waals surface area contributed by atoms with Gasteiger partial charge < -0.3 is 13.6 Å². The van der Waals surface area contributed by atoms with Crippen LogP contribution in [-0.4, -0.2) is 11.6 Å². The first-order chi connectivity index (χ1) is 7.66. The zero-order valence-electron chi connectivity index (χ0n) is 8.91. The van der Waals surface area contributed by atoms with Crippen LogP contribution in [0.1, 0.15) is 28.8 Å². The minimum Gasteiger partial charge on any atom is -0.489 e. The maximum atomic E-state index is 5.55. The number of aromatic nitrogens is 1. The van der Waals surface area contributed by atoms with Gasteiger partial charge in [-0.15, -0.1) is 0 Å². The standard InChI is InChI=1S/C11H10BrNO3/c1-5-10(13-6(2)16-5)7-3-14-8-4-15-11(12)9(7)8/h4,7H,3H2,1-2H3. The molecule has 1 unspecified atom stereocenters. The average Bonchev–Trinajstić information content (AvgIpc) is 2.85. The Morgan fingerprint density at radius 1 is 1.44 bits per heavy atom. The highest BCUT2D eigenvalue weighted by atomic mass is 79.9. The number of ether oxygens (including phenoxy) is 1. The SMILES string of the molecule is Cc1nc(C2COc3coc(Br)c32)c(C)o1. The molecular weight excluding hydrogens is 274 g/mol. The fraction of sp³-hybridized carbons (Fsp3) is 0.364. The Kier molecular flexibility index (Phi) is 2.10. The molecule has 0 saturated carbocycles. The van der Waals surface area contributed by atoms with E-state index in [0.29, 0.717) is 17.2 Å². The van der Waals surface area contributed by atoms with Gasteiger partial charge in [0.1, 0.15) is 18.6 Å². The monoisotopic (exact) mass is 283 g/mol. The van der Waals surface area contributed by atoms with Gasteiger partial charge in [0.15, 0.2) is 16.3 Å². The summed E-state index contributed by atoms with van der Waals surface area (Å²) in [6.45, 7) is 4.35. The molecule has 16 heavy (non-hydrogen) atoms. The minimum atomic E-state index is 0.0978. The topological polar surface area (TPSA) is 48.4 Å². The van der Waals surface area contributed by atoms with Crippen molar-refractivity contribution in [1.82, 2.24) is 4.98 Å². The highest BCUT2D eigenvalue weighted by Crippen LogP contribution is 2.44. The second-order valence-electron chi connectivity index (χ2n) is 3.83. The maximum Gasteiger partial charge on any atom is 0.191 e. The van der Waals surface area contributed by atoms with E-state index < -0.39 is 0 Å². The van der Waals surface area contributed by atoms with Gasteiger partial charge in [0, 0.05) is 6.92 Å². The van der Waals surface area contributed by atoms with Gasteiger partial charge in [-0.3, -0.25) is 0 Å². The average molecular weight is 284 g/mol. The molecule has 0 saturated heterocycles. The van der Waals surface area contributed by atoms with Gasteiger partial charge in [0.05, 0.1) is 17.2 Å². The van der Waals surface area contributed by atoms with Crippen molar-refractivity contribution in [2.45, 2.75) is 19.8 Å². The second-order valence-corrected chi connectivity index (χ2v) is 4.55. The molecule has 2 aromatic rings. The molecule has 0 spiro atoms. The van der Waals surface area contributed by atoms with E-state index in [2.05, 4.69) is 20.9 Å². The van der Waals surface area contributed by atoms with Crippen LogP contribution < -0.4 is 4.74 Å². The number of fused-ring (bicyclic) bond motifs is 1. The lowest BCUT2D eigenvalue weighted by Gasteiger charge is -2.04. The van der Waals surface area contributed by atoms with E-state index in [4.69, 9.17) is 13.6 Å². The third-order valence-corrected chi connectivity index (χ3v) is 3.38. The summed E-state index contributed by atoms with van der Waals surface area (Å²) in [5.41, 5.74) is 1.95. The zero-order chi connectivity index (χ0) is 11.3. The van der Waals surface area contributed by atoms with Crippen LogP contribution in [0, 0.1) is 13.8 Å². The van der Waals surface area contributed by atoms with Gasteiger partial charge in [-0.1, -0.05) is 0 Å². The van der Waals surface area contributed by atoms with Crippen molar-refractivity contribution in [2.75, 3.05) is 6.61 Å². The normalized spacial score (nSPS) is 18.6. The predicted octanol–water partition coefficient (Wildman–Crippen LogP) is 3.17. The van der Waals surface area contributed by atoms with Gasteiger partial charge in [0.2, 0.25) is 0 Å². The lowest BCUT2D eigenvalue weighted by atomic mass is 10.00. The molecular formula is C11H10BrNO3. The van der Waals surface area contributed by atoms with Crippen LogP contribution in [0.15, 0.2) is 19.8 Å². The van der Waals surface area contributed by atoms with Gasteiger partial charge >= 0.3 is 0 Å². The molecule has 0 bridgehead atoms. The Bertz CT molecular complexity index is 543. The molecule has 84 valence electrons. The number of hydrogen-bond donors (Lipinski definition) is 0. The molecule has 1 aliphatic rings. The fourth-order valence-corrected chi connectivity index (χ4v) is 2.66. The fourth-order valence-electron chi connectivity index (χ4n) is 2.09. The molecule has 0 N–H and O–H groups in total. The molecule has 5 heteroatoms. The first kappa shape index (κ1) is 9.96. The van der Waals surface area contributed by atoms with Crippen molar-refractivity contribution in [1.29, 1.82) is 0 Å². The molecule has 1 aliphatic heterocycles. The number of hydrogen-bond acceptors (Lipinski definition) is 4. The number of aryl methyl sites for hydroxylation is 2. The van der Waals surface area contributed by atoms with E-state index in [0.717, 1.165) is 22.8 Å². The molecule has 1 atom stereocenters. The van der Waals surface area contributed by atoms with Crippen LogP contribution in [0.5, 0.6) is 5.75 Å². The van der Waals surface area contributed by atoms with Gasteiger partial charge in [-0.2, -0.15) is 0 Å². The third-order valence-electron chi connectivity index (χ3n) is 2.77. The van der Waals surface area contributed by atoms with E-state index in [1.807, 2.05) is 13.8 Å². The van der Waals surface area contributed by atoms with E-state index in [-0.39, 0.29) is 5.92 Å². The first-order valence-corrected chi connectivity index (χ1v) is 5.79. The Labute approximate surface area is 101 Å². The number of rotatable bonds is 1. The van der Waals surface area contributed by atoms with Gasteiger partial charge in [-0.05, 0) is 22.9 Å². The molecule has 0 radical (unpaired) electrons. The Morgan fingerprint density at radius 2 is 2.25 bits per heavy atom. The molecule has 3 rings (SSSR count). The second kappa shape index (κ2) is 3.38. The highest BCUT2D eigenvalue weighted by Gasteiger charge is 2.34. The third kappa shape index (κ3) is 1.31. The van der Waals surface area contributed by atoms with Crippen LogP contribution in [0.25, 0.3) is 0 Å². The van der Waals surface area contributed by atoms with Crippen LogP contribution in [0.2, 0.25) is 0 Å². The molecule has 0 aliphatic carbocycles. The molecule has 0 amide bonds. The molecule has 2 aromatic heterocycles. The lowest BCUT2D eigenvalue weighted by molar-refractivity contribution is 0.329. The zero-order valence-corrected chi connectivity index (χ0v) is 10.5. The first-order valence-electron chi connectivity index (χ1n) is 5.00. The van der Waals surface area contributed by atoms with Crippen molar-refractivity contribution in [3.05, 3.63) is 33.8 Å². The van der Waals surface area contributed by atoms with E-state index in [1.165, 1.54) is 0 Å². The smallest absolute Gasteiger partial charge is 0.191 e. The summed E-state index contributed by atoms with van der Waals surface area (Å²) in [6.07, 6.45) is 1.61. The van der Waals surface area contributed by atoms with Gasteiger partial charge in [0.25, 0.3) is 0 Å². The van der Waals surface area contributed by atoms with Crippen LogP contribution in [0.4, 0.5) is 0 Å². The summed E-state index contributed by atoms with van der Waals surface area (Å²) < 4.78 is 17.0. The number of nitrogens with zero attached hydrogens (tertiary/aromatic N) is 1. The van der Waals surface area contributed by atoms with Gasteiger partial charge in [-0.25, -0.2) is 4.98 Å². The number of halogens is 1. The summed E-state index contributed by atoms with van der Waals surface area (Å²) in [4.78, 5) is 4.40. The summed E-state index contributed by atoms with van der Waals surface area (Å²) in [5.74, 6) is 2.41. The van der Waals surface area contributed by atoms with E-state index in [9.17, 15) is 0 Å². The molecule has 4 nitrogen and oxygen atoms in total. The predicted molar refractivity (Wildman–Crippen MR) is 59.7 cm³/mol. The number of oxazole rings is 1. The minimum absolute atomic E-state index is 0.0978. The summed E-state index contributed by atoms with van der Waals surface area (Å²) >= 11 is 3.38. The summed E-state index contributed by atoms with van der Waals surface area (Å²) in [5, 5.41) is 0. The van der Waals surface area contributed by atoms with Crippen molar-refractivity contribution in [3.63, 3.8) is 0 Å². The lowest BCUT2D eigenvalue weighted by Crippen LogP contribution is -2.05. The van der Waals surface area contributed by atoms with Crippen molar-refractivity contribution in [2.24, 2.45) is 0 Å². The number of furan rings is 1. The summed E-state index contributed by atoms with van der Waals surface area (Å²) in [7, 11) is 0. The molecule has 3 heterocycles. The quantitative estimate of drug-likeness (QED) is 0.807. The Hall–Kier alpha value is -1.23. The van der Waals surface area contributed by atoms with E-state index in [1.54, 1.807) is 6.26 Å². The van der Waals surface area contributed by atoms with Crippen molar-refractivity contribution in [3.8, 4) is 5.75 Å². The Morgan fingerprint density at radius 3 is 2.94 bits per heavy atom. The van der Waals surface area contributed by atoms with Crippen molar-refractivity contribution >= 4 is 15.9 Å². The van der Waals surface area contributed by atoms with E-state index >= 15 is 0 Å². The van der Waals surface area contributed by atoms with Crippen LogP contribution >= 0.6 is 15.9 Å². The van der Waals surface area contributed by atoms with Crippen molar-refractivity contribution < 1.29 is 13.6 Å². The Balaban J connectivity index is 2.10. The molecule has 0 fully saturated rings. The highest BCUT2D eigenvalue weighted by molar-refractivity contribution is 9.10. The largest absolute Gasteiger partial charge is 0.489 e. The molecule has 0 aromatic carbocycles. The van der Waals surface area contributed by atoms with Crippen LogP contribution in [-0.2, 0) is 0 Å². The van der Waals surface area contributed by atoms with Crippen LogP contribution in [0.3, 0.4) is 0 Å². The maximum absolute atomic E-state index is 5.55. The summed E-state index contributed by atoms with van der Waals surface area (Å²) in [6, 6.07) is 0.